The number of fused-ring (bicyclic) bond motifs is 2. The third-order valence-corrected chi connectivity index (χ3v) is 6.17. The van der Waals surface area contributed by atoms with Crippen molar-refractivity contribution in [2.45, 2.75) is 44.3 Å². The van der Waals surface area contributed by atoms with Gasteiger partial charge in [0, 0.05) is 30.3 Å². The van der Waals surface area contributed by atoms with Crippen LogP contribution in [-0.4, -0.2) is 40.7 Å². The van der Waals surface area contributed by atoms with E-state index in [2.05, 4.69) is 28.1 Å². The Morgan fingerprint density at radius 3 is 2.45 bits per heavy atom. The quantitative estimate of drug-likeness (QED) is 0.660. The molecule has 2 aliphatic heterocycles. The summed E-state index contributed by atoms with van der Waals surface area (Å²) < 4.78 is 0. The van der Waals surface area contributed by atoms with Gasteiger partial charge < -0.3 is 15.5 Å². The van der Waals surface area contributed by atoms with Crippen LogP contribution >= 0.6 is 0 Å². The smallest absolute Gasteiger partial charge is 0.319 e. The van der Waals surface area contributed by atoms with Crippen LogP contribution in [0.1, 0.15) is 39.9 Å². The average molecular weight is 418 g/mol. The molecule has 1 aliphatic carbocycles. The maximum absolute atomic E-state index is 12.8. The van der Waals surface area contributed by atoms with E-state index in [-0.39, 0.29) is 36.9 Å². The van der Waals surface area contributed by atoms with Crippen LogP contribution in [0.3, 0.4) is 0 Å². The monoisotopic (exact) mass is 418 g/mol. The lowest BCUT2D eigenvalue weighted by Crippen LogP contribution is -2.52. The molecule has 5 rings (SSSR count). The van der Waals surface area contributed by atoms with Gasteiger partial charge in [0.15, 0.2) is 0 Å². The van der Waals surface area contributed by atoms with Crippen LogP contribution in [0.15, 0.2) is 42.5 Å². The van der Waals surface area contributed by atoms with Crippen LogP contribution in [0, 0.1) is 0 Å². The number of nitrogens with zero attached hydrogens (tertiary/aromatic N) is 1. The summed E-state index contributed by atoms with van der Waals surface area (Å²) >= 11 is 0. The Morgan fingerprint density at radius 2 is 1.74 bits per heavy atom. The van der Waals surface area contributed by atoms with Crippen molar-refractivity contribution in [2.24, 2.45) is 0 Å². The van der Waals surface area contributed by atoms with Crippen molar-refractivity contribution in [3.05, 3.63) is 64.7 Å². The standard InChI is InChI=1S/C23H22N4O4/c28-20-8-7-19(21(29)26-20)27-12-15-11-16(5-6-18(15)22(27)30)24-23(31)25-17-9-13-3-1-2-4-14(13)10-17/h1-6,11,17,19H,7-10,12H2,(H2,24,25,31)(H,26,28,29). The zero-order valence-corrected chi connectivity index (χ0v) is 16.8. The van der Waals surface area contributed by atoms with E-state index >= 15 is 0 Å². The number of benzene rings is 2. The highest BCUT2D eigenvalue weighted by Crippen LogP contribution is 2.29. The normalized spacial score (nSPS) is 20.3. The zero-order chi connectivity index (χ0) is 21.5. The first-order chi connectivity index (χ1) is 15.0. The van der Waals surface area contributed by atoms with Crippen LogP contribution in [0.5, 0.6) is 0 Å². The Hall–Kier alpha value is -3.68. The second-order valence-electron chi connectivity index (χ2n) is 8.24. The predicted octanol–water partition coefficient (Wildman–Crippen LogP) is 1.74. The molecular weight excluding hydrogens is 396 g/mol. The summed E-state index contributed by atoms with van der Waals surface area (Å²) in [6.45, 7) is 0.273. The minimum Gasteiger partial charge on any atom is -0.334 e. The van der Waals surface area contributed by atoms with Crippen LogP contribution in [-0.2, 0) is 29.0 Å². The fourth-order valence-corrected chi connectivity index (χ4v) is 4.67. The number of nitrogens with one attached hydrogen (secondary N) is 3. The van der Waals surface area contributed by atoms with Gasteiger partial charge in [-0.15, -0.1) is 0 Å². The van der Waals surface area contributed by atoms with Crippen LogP contribution in [0.2, 0.25) is 0 Å². The number of hydrogen-bond acceptors (Lipinski definition) is 4. The van der Waals surface area contributed by atoms with E-state index in [0.717, 1.165) is 18.4 Å². The fraction of sp³-hybridized carbons (Fsp3) is 0.304. The Kier molecular flexibility index (Phi) is 4.69. The molecule has 1 fully saturated rings. The van der Waals surface area contributed by atoms with E-state index in [1.165, 1.54) is 16.0 Å². The maximum atomic E-state index is 12.8. The Morgan fingerprint density at radius 1 is 1.00 bits per heavy atom. The molecule has 0 saturated carbocycles. The predicted molar refractivity (Wildman–Crippen MR) is 112 cm³/mol. The van der Waals surface area contributed by atoms with E-state index in [0.29, 0.717) is 17.7 Å². The minimum absolute atomic E-state index is 0.0522. The average Bonchev–Trinajstić information content (AvgIpc) is 3.28. The number of amides is 5. The number of urea groups is 1. The number of imide groups is 1. The molecule has 0 aromatic heterocycles. The lowest BCUT2D eigenvalue weighted by Gasteiger charge is -2.29. The molecule has 1 atom stereocenters. The lowest BCUT2D eigenvalue weighted by atomic mass is 10.0. The molecule has 0 radical (unpaired) electrons. The molecule has 3 aliphatic rings. The fourth-order valence-electron chi connectivity index (χ4n) is 4.67. The van der Waals surface area contributed by atoms with Gasteiger partial charge in [0.25, 0.3) is 5.91 Å². The first-order valence-corrected chi connectivity index (χ1v) is 10.4. The number of rotatable bonds is 3. The summed E-state index contributed by atoms with van der Waals surface area (Å²) in [7, 11) is 0. The van der Waals surface area contributed by atoms with Crippen molar-refractivity contribution < 1.29 is 19.2 Å². The van der Waals surface area contributed by atoms with E-state index in [9.17, 15) is 19.2 Å². The molecule has 0 spiro atoms. The van der Waals surface area contributed by atoms with Crippen molar-refractivity contribution in [1.82, 2.24) is 15.5 Å². The van der Waals surface area contributed by atoms with Gasteiger partial charge in [0.2, 0.25) is 11.8 Å². The van der Waals surface area contributed by atoms with Crippen LogP contribution in [0.4, 0.5) is 10.5 Å². The highest BCUT2D eigenvalue weighted by molar-refractivity contribution is 6.05. The third-order valence-electron chi connectivity index (χ3n) is 6.17. The minimum atomic E-state index is -0.652. The molecule has 1 saturated heterocycles. The third kappa shape index (κ3) is 3.65. The first-order valence-electron chi connectivity index (χ1n) is 10.4. The van der Waals surface area contributed by atoms with E-state index in [4.69, 9.17) is 0 Å². The number of piperidine rings is 1. The summed E-state index contributed by atoms with van der Waals surface area (Å²) in [6, 6.07) is 12.4. The highest BCUT2D eigenvalue weighted by atomic mass is 16.2. The second-order valence-corrected chi connectivity index (χ2v) is 8.24. The van der Waals surface area contributed by atoms with Crippen molar-refractivity contribution in [3.8, 4) is 0 Å². The van der Waals surface area contributed by atoms with Gasteiger partial charge in [-0.1, -0.05) is 24.3 Å². The van der Waals surface area contributed by atoms with Gasteiger partial charge in [-0.2, -0.15) is 0 Å². The SMILES string of the molecule is O=C1CCC(N2Cc3cc(NC(=O)NC4Cc5ccccc5C4)ccc3C2=O)C(=O)N1. The zero-order valence-electron chi connectivity index (χ0n) is 16.8. The van der Waals surface area contributed by atoms with E-state index in [1.54, 1.807) is 18.2 Å². The van der Waals surface area contributed by atoms with Crippen LogP contribution in [0.25, 0.3) is 0 Å². The lowest BCUT2D eigenvalue weighted by molar-refractivity contribution is -0.136. The molecule has 8 nitrogen and oxygen atoms in total. The summed E-state index contributed by atoms with van der Waals surface area (Å²) in [5.74, 6) is -0.981. The van der Waals surface area contributed by atoms with E-state index in [1.807, 2.05) is 12.1 Å². The maximum Gasteiger partial charge on any atom is 0.319 e. The van der Waals surface area contributed by atoms with Crippen molar-refractivity contribution in [3.63, 3.8) is 0 Å². The number of anilines is 1. The molecule has 2 heterocycles. The molecule has 2 aromatic carbocycles. The molecule has 158 valence electrons. The van der Waals surface area contributed by atoms with Crippen molar-refractivity contribution in [1.29, 1.82) is 0 Å². The molecule has 5 amide bonds. The topological polar surface area (TPSA) is 108 Å². The summed E-state index contributed by atoms with van der Waals surface area (Å²) in [5, 5.41) is 8.15. The number of carbonyl (C=O) groups is 4. The molecule has 3 N–H and O–H groups in total. The molecule has 2 aromatic rings. The second kappa shape index (κ2) is 7.54. The van der Waals surface area contributed by atoms with Gasteiger partial charge in [0.1, 0.15) is 6.04 Å². The first kappa shape index (κ1) is 19.3. The van der Waals surface area contributed by atoms with Crippen LogP contribution < -0.4 is 16.0 Å². The highest BCUT2D eigenvalue weighted by Gasteiger charge is 2.39. The molecular formula is C23H22N4O4. The number of carbonyl (C=O) groups excluding carboxylic acids is 4. The summed E-state index contributed by atoms with van der Waals surface area (Å²) in [6.07, 6.45) is 2.16. The van der Waals surface area contributed by atoms with Crippen molar-refractivity contribution >= 4 is 29.4 Å². The Labute approximate surface area is 179 Å². The van der Waals surface area contributed by atoms with Gasteiger partial charge in [-0.3, -0.25) is 19.7 Å². The summed E-state index contributed by atoms with van der Waals surface area (Å²) in [5.41, 5.74) is 4.38. The molecule has 0 bridgehead atoms. The van der Waals surface area contributed by atoms with Gasteiger partial charge >= 0.3 is 6.03 Å². The van der Waals surface area contributed by atoms with E-state index < -0.39 is 11.9 Å². The van der Waals surface area contributed by atoms with Gasteiger partial charge in [-0.25, -0.2) is 4.79 Å². The Balaban J connectivity index is 1.23. The molecule has 1 unspecified atom stereocenters. The van der Waals surface area contributed by atoms with Gasteiger partial charge in [0.05, 0.1) is 0 Å². The number of hydrogen-bond donors (Lipinski definition) is 3. The van der Waals surface area contributed by atoms with Crippen molar-refractivity contribution in [2.75, 3.05) is 5.32 Å². The Bertz CT molecular complexity index is 1090. The molecule has 8 heteroatoms. The summed E-state index contributed by atoms with van der Waals surface area (Å²) in [4.78, 5) is 50.3. The molecule has 31 heavy (non-hydrogen) atoms. The largest absolute Gasteiger partial charge is 0.334 e. The van der Waals surface area contributed by atoms with Gasteiger partial charge in [-0.05, 0) is 54.2 Å².